The zero-order valence-electron chi connectivity index (χ0n) is 12.4. The molecule has 0 spiro atoms. The van der Waals surface area contributed by atoms with Gasteiger partial charge in [-0.2, -0.15) is 5.26 Å². The first kappa shape index (κ1) is 16.7. The minimum Gasteiger partial charge on any atom is -0.490 e. The third-order valence-electron chi connectivity index (χ3n) is 3.09. The first-order valence-electron chi connectivity index (χ1n) is 6.98. The number of aliphatic hydroxyl groups is 1. The molecule has 1 unspecified atom stereocenters. The van der Waals surface area contributed by atoms with Crippen LogP contribution in [0.15, 0.2) is 36.4 Å². The Morgan fingerprint density at radius 2 is 1.91 bits per heavy atom. The van der Waals surface area contributed by atoms with E-state index in [2.05, 4.69) is 0 Å². The fraction of sp³-hybridized carbons (Fsp3) is 0.235. The molecule has 1 atom stereocenters. The van der Waals surface area contributed by atoms with E-state index in [4.69, 9.17) is 14.7 Å². The van der Waals surface area contributed by atoms with Crippen molar-refractivity contribution in [2.45, 2.75) is 13.0 Å². The Morgan fingerprint density at radius 3 is 2.57 bits per heavy atom. The van der Waals surface area contributed by atoms with Crippen molar-refractivity contribution in [2.24, 2.45) is 0 Å². The Balaban J connectivity index is 2.12. The summed E-state index contributed by atoms with van der Waals surface area (Å²) < 4.78 is 37.3. The summed E-state index contributed by atoms with van der Waals surface area (Å²) in [6.07, 6.45) is -1.26. The van der Waals surface area contributed by atoms with E-state index in [0.717, 1.165) is 6.07 Å². The van der Waals surface area contributed by atoms with Crippen molar-refractivity contribution in [1.29, 1.82) is 5.26 Å². The fourth-order valence-electron chi connectivity index (χ4n) is 2.00. The zero-order valence-corrected chi connectivity index (χ0v) is 12.4. The lowest BCUT2D eigenvalue weighted by Crippen LogP contribution is -2.12. The molecule has 0 bridgehead atoms. The van der Waals surface area contributed by atoms with Gasteiger partial charge in [0.05, 0.1) is 18.2 Å². The van der Waals surface area contributed by atoms with Gasteiger partial charge in [-0.15, -0.1) is 0 Å². The molecule has 0 saturated carbocycles. The molecule has 0 amide bonds. The first-order chi connectivity index (χ1) is 11.0. The Labute approximate surface area is 132 Å². The van der Waals surface area contributed by atoms with E-state index in [1.54, 1.807) is 13.0 Å². The monoisotopic (exact) mass is 319 g/mol. The molecule has 2 aromatic rings. The van der Waals surface area contributed by atoms with Crippen LogP contribution in [0.1, 0.15) is 24.2 Å². The molecule has 23 heavy (non-hydrogen) atoms. The summed E-state index contributed by atoms with van der Waals surface area (Å²) in [5.41, 5.74) is 0.351. The zero-order chi connectivity index (χ0) is 16.8. The van der Waals surface area contributed by atoms with E-state index >= 15 is 0 Å². The number of benzene rings is 2. The largest absolute Gasteiger partial charge is 0.490 e. The lowest BCUT2D eigenvalue weighted by atomic mass is 10.1. The number of rotatable bonds is 6. The van der Waals surface area contributed by atoms with E-state index in [0.29, 0.717) is 29.7 Å². The van der Waals surface area contributed by atoms with Crippen molar-refractivity contribution < 1.29 is 23.4 Å². The number of hydrogen-bond acceptors (Lipinski definition) is 4. The highest BCUT2D eigenvalue weighted by Gasteiger charge is 2.16. The second kappa shape index (κ2) is 7.56. The Bertz CT molecular complexity index is 728. The fourth-order valence-corrected chi connectivity index (χ4v) is 2.00. The predicted octanol–water partition coefficient (Wildman–Crippen LogP) is 3.35. The van der Waals surface area contributed by atoms with E-state index in [9.17, 15) is 13.9 Å². The maximum Gasteiger partial charge on any atom is 0.162 e. The topological polar surface area (TPSA) is 62.5 Å². The molecular formula is C17H15F2NO3. The highest BCUT2D eigenvalue weighted by molar-refractivity contribution is 5.46. The number of aliphatic hydroxyl groups excluding tert-OH is 1. The van der Waals surface area contributed by atoms with Crippen LogP contribution >= 0.6 is 0 Å². The molecule has 0 fully saturated rings. The van der Waals surface area contributed by atoms with Crippen molar-refractivity contribution in [3.05, 3.63) is 59.2 Å². The van der Waals surface area contributed by atoms with Gasteiger partial charge in [0.25, 0.3) is 0 Å². The van der Waals surface area contributed by atoms with Crippen LogP contribution in [0.3, 0.4) is 0 Å². The molecular weight excluding hydrogens is 304 g/mol. The summed E-state index contributed by atoms with van der Waals surface area (Å²) in [6, 6.07) is 9.52. The summed E-state index contributed by atoms with van der Waals surface area (Å²) in [4.78, 5) is 0. The van der Waals surface area contributed by atoms with E-state index in [1.807, 2.05) is 6.07 Å². The van der Waals surface area contributed by atoms with Gasteiger partial charge in [-0.3, -0.25) is 0 Å². The summed E-state index contributed by atoms with van der Waals surface area (Å²) in [6.45, 7) is 1.92. The number of nitrogens with zero attached hydrogens (tertiary/aromatic N) is 1. The minimum atomic E-state index is -1.26. The van der Waals surface area contributed by atoms with Crippen LogP contribution in [0.5, 0.6) is 11.5 Å². The number of halogens is 2. The molecule has 120 valence electrons. The highest BCUT2D eigenvalue weighted by atomic mass is 19.1. The summed E-state index contributed by atoms with van der Waals surface area (Å²) in [7, 11) is 0. The molecule has 0 aliphatic carbocycles. The molecule has 0 aromatic heterocycles. The normalized spacial score (nSPS) is 11.6. The van der Waals surface area contributed by atoms with Crippen molar-refractivity contribution in [2.75, 3.05) is 13.2 Å². The maximum atomic E-state index is 13.6. The van der Waals surface area contributed by atoms with Crippen LogP contribution in [-0.4, -0.2) is 18.3 Å². The average Bonchev–Trinajstić information content (AvgIpc) is 2.53. The van der Waals surface area contributed by atoms with Gasteiger partial charge in [0.15, 0.2) is 11.5 Å². The van der Waals surface area contributed by atoms with Crippen molar-refractivity contribution >= 4 is 0 Å². The van der Waals surface area contributed by atoms with Gasteiger partial charge in [0.2, 0.25) is 0 Å². The molecule has 4 nitrogen and oxygen atoms in total. The van der Waals surface area contributed by atoms with Crippen LogP contribution in [0, 0.1) is 23.0 Å². The summed E-state index contributed by atoms with van der Waals surface area (Å²) in [5, 5.41) is 18.9. The number of ether oxygens (including phenoxy) is 2. The van der Waals surface area contributed by atoms with Crippen LogP contribution in [-0.2, 0) is 0 Å². The maximum absolute atomic E-state index is 13.6. The van der Waals surface area contributed by atoms with Crippen LogP contribution in [0.2, 0.25) is 0 Å². The van der Waals surface area contributed by atoms with Gasteiger partial charge in [0, 0.05) is 17.7 Å². The number of hydrogen-bond donors (Lipinski definition) is 1. The predicted molar refractivity (Wildman–Crippen MR) is 79.1 cm³/mol. The summed E-state index contributed by atoms with van der Waals surface area (Å²) in [5.74, 6) is -0.873. The third-order valence-corrected chi connectivity index (χ3v) is 3.09. The number of nitriles is 1. The van der Waals surface area contributed by atoms with Crippen molar-refractivity contribution in [1.82, 2.24) is 0 Å². The smallest absolute Gasteiger partial charge is 0.162 e. The quantitative estimate of drug-likeness (QED) is 0.887. The first-order valence-corrected chi connectivity index (χ1v) is 6.98. The van der Waals surface area contributed by atoms with Gasteiger partial charge in [-0.25, -0.2) is 8.78 Å². The minimum absolute atomic E-state index is 0.0574. The van der Waals surface area contributed by atoms with Gasteiger partial charge < -0.3 is 14.6 Å². The molecule has 0 radical (unpaired) electrons. The van der Waals surface area contributed by atoms with Gasteiger partial charge >= 0.3 is 0 Å². The molecule has 0 aliphatic heterocycles. The lowest BCUT2D eigenvalue weighted by molar-refractivity contribution is 0.102. The molecule has 0 aliphatic rings. The van der Waals surface area contributed by atoms with Crippen LogP contribution in [0.25, 0.3) is 0 Å². The second-order valence-corrected chi connectivity index (χ2v) is 4.70. The molecule has 0 saturated heterocycles. The third kappa shape index (κ3) is 4.18. The molecule has 2 aromatic carbocycles. The standard InChI is InChI=1S/C17H15F2NO3/c1-2-22-17-7-11(9-20)3-6-16(17)23-10-15(21)13-5-4-12(18)8-14(13)19/h3-8,15,21H,2,10H2,1H3. The average molecular weight is 319 g/mol. The van der Waals surface area contributed by atoms with Gasteiger partial charge in [-0.1, -0.05) is 6.07 Å². The Hall–Kier alpha value is -2.65. The van der Waals surface area contributed by atoms with Crippen LogP contribution in [0.4, 0.5) is 8.78 Å². The van der Waals surface area contributed by atoms with E-state index in [1.165, 1.54) is 18.2 Å². The molecule has 2 rings (SSSR count). The molecule has 1 N–H and O–H groups in total. The van der Waals surface area contributed by atoms with E-state index < -0.39 is 17.7 Å². The second-order valence-electron chi connectivity index (χ2n) is 4.70. The molecule has 6 heteroatoms. The Kier molecular flexibility index (Phi) is 5.50. The van der Waals surface area contributed by atoms with Crippen molar-refractivity contribution in [3.8, 4) is 17.6 Å². The Morgan fingerprint density at radius 1 is 1.13 bits per heavy atom. The summed E-state index contributed by atoms with van der Waals surface area (Å²) >= 11 is 0. The van der Waals surface area contributed by atoms with Gasteiger partial charge in [-0.05, 0) is 25.1 Å². The van der Waals surface area contributed by atoms with Crippen LogP contribution < -0.4 is 9.47 Å². The van der Waals surface area contributed by atoms with Gasteiger partial charge in [0.1, 0.15) is 24.3 Å². The molecule has 0 heterocycles. The van der Waals surface area contributed by atoms with E-state index in [-0.39, 0.29) is 12.2 Å². The SMILES string of the molecule is CCOc1cc(C#N)ccc1OCC(O)c1ccc(F)cc1F. The highest BCUT2D eigenvalue weighted by Crippen LogP contribution is 2.29. The lowest BCUT2D eigenvalue weighted by Gasteiger charge is -2.16. The van der Waals surface area contributed by atoms with Crippen molar-refractivity contribution in [3.63, 3.8) is 0 Å².